The second-order valence-electron chi connectivity index (χ2n) is 4.52. The quantitative estimate of drug-likeness (QED) is 0.790. The van der Waals surface area contributed by atoms with Gasteiger partial charge in [0.15, 0.2) is 0 Å². The van der Waals surface area contributed by atoms with Crippen LogP contribution in [0.15, 0.2) is 47.4 Å². The Morgan fingerprint density at radius 2 is 2.05 bits per heavy atom. The van der Waals surface area contributed by atoms with Crippen LogP contribution in [-0.2, 0) is 4.79 Å². The van der Waals surface area contributed by atoms with Gasteiger partial charge in [-0.15, -0.1) is 11.8 Å². The summed E-state index contributed by atoms with van der Waals surface area (Å²) in [6.45, 7) is 1.78. The van der Waals surface area contributed by atoms with Gasteiger partial charge in [0.1, 0.15) is 0 Å². The molecule has 2 rings (SSSR count). The number of anilines is 1. The molecule has 1 N–H and O–H groups in total. The molecule has 0 heterocycles. The average Bonchev–Trinajstić information content (AvgIpc) is 2.51. The highest BCUT2D eigenvalue weighted by Gasteiger charge is 2.16. The largest absolute Gasteiger partial charge is 0.325 e. The van der Waals surface area contributed by atoms with Gasteiger partial charge in [-0.2, -0.15) is 5.26 Å². The molecule has 112 valence electrons. The maximum Gasteiger partial charge on any atom is 0.237 e. The zero-order valence-electron chi connectivity index (χ0n) is 11.6. The number of carbonyl (C=O) groups excluding carboxylic acids is 1. The molecule has 3 nitrogen and oxygen atoms in total. The Morgan fingerprint density at radius 3 is 2.77 bits per heavy atom. The number of nitriles is 1. The zero-order chi connectivity index (χ0) is 16.1. The molecule has 0 aliphatic rings. The minimum absolute atomic E-state index is 0.170. The first-order chi connectivity index (χ1) is 10.5. The Hall–Kier alpha value is -1.67. The van der Waals surface area contributed by atoms with E-state index in [1.165, 1.54) is 11.8 Å². The molecule has 0 aliphatic heterocycles. The summed E-state index contributed by atoms with van der Waals surface area (Å²) in [5, 5.41) is 12.4. The number of carbonyl (C=O) groups is 1. The van der Waals surface area contributed by atoms with Crippen LogP contribution in [0.5, 0.6) is 0 Å². The summed E-state index contributed by atoms with van der Waals surface area (Å²) in [6, 6.07) is 13.9. The first-order valence-electron chi connectivity index (χ1n) is 6.42. The van der Waals surface area contributed by atoms with Gasteiger partial charge in [-0.25, -0.2) is 0 Å². The third-order valence-corrected chi connectivity index (χ3v) is 4.66. The third-order valence-electron chi connectivity index (χ3n) is 2.83. The van der Waals surface area contributed by atoms with Crippen LogP contribution >= 0.6 is 35.0 Å². The van der Waals surface area contributed by atoms with Crippen LogP contribution in [-0.4, -0.2) is 11.2 Å². The van der Waals surface area contributed by atoms with Crippen molar-refractivity contribution in [3.05, 3.63) is 58.1 Å². The van der Waals surface area contributed by atoms with Crippen LogP contribution in [0, 0.1) is 11.3 Å². The lowest BCUT2D eigenvalue weighted by molar-refractivity contribution is -0.115. The van der Waals surface area contributed by atoms with E-state index in [1.807, 2.05) is 6.07 Å². The SMILES string of the molecule is C[C@H](Sc1cc(Cl)ccc1Cl)C(=O)Nc1cccc(C#N)c1. The van der Waals surface area contributed by atoms with Crippen molar-refractivity contribution in [2.24, 2.45) is 0 Å². The van der Waals surface area contributed by atoms with Gasteiger partial charge in [0.05, 0.1) is 21.9 Å². The highest BCUT2D eigenvalue weighted by atomic mass is 35.5. The van der Waals surface area contributed by atoms with Gasteiger partial charge in [-0.3, -0.25) is 4.79 Å². The molecule has 0 fully saturated rings. The normalized spacial score (nSPS) is 11.5. The molecule has 6 heteroatoms. The van der Waals surface area contributed by atoms with Gasteiger partial charge in [-0.1, -0.05) is 29.3 Å². The Labute approximate surface area is 143 Å². The monoisotopic (exact) mass is 350 g/mol. The molecule has 0 spiro atoms. The smallest absolute Gasteiger partial charge is 0.237 e. The fourth-order valence-electron chi connectivity index (χ4n) is 1.72. The summed E-state index contributed by atoms with van der Waals surface area (Å²) in [5.74, 6) is -0.170. The summed E-state index contributed by atoms with van der Waals surface area (Å²) in [7, 11) is 0. The molecule has 1 amide bonds. The van der Waals surface area contributed by atoms with Crippen LogP contribution in [0.2, 0.25) is 10.0 Å². The van der Waals surface area contributed by atoms with E-state index < -0.39 is 0 Å². The first kappa shape index (κ1) is 16.7. The van der Waals surface area contributed by atoms with E-state index in [0.29, 0.717) is 21.3 Å². The Bertz CT molecular complexity index is 743. The molecular formula is C16H12Cl2N2OS. The number of hydrogen-bond donors (Lipinski definition) is 1. The third kappa shape index (κ3) is 4.41. The second kappa shape index (κ2) is 7.55. The van der Waals surface area contributed by atoms with E-state index in [9.17, 15) is 4.79 Å². The molecule has 0 bridgehead atoms. The molecule has 22 heavy (non-hydrogen) atoms. The molecule has 0 unspecified atom stereocenters. The number of rotatable bonds is 4. The van der Waals surface area contributed by atoms with Crippen molar-refractivity contribution in [3.8, 4) is 6.07 Å². The number of nitrogens with zero attached hydrogens (tertiary/aromatic N) is 1. The van der Waals surface area contributed by atoms with E-state index in [0.717, 1.165) is 4.90 Å². The molecule has 0 radical (unpaired) electrons. The summed E-state index contributed by atoms with van der Waals surface area (Å²) < 4.78 is 0. The van der Waals surface area contributed by atoms with Gasteiger partial charge in [0, 0.05) is 15.6 Å². The fourth-order valence-corrected chi connectivity index (χ4v) is 3.13. The topological polar surface area (TPSA) is 52.9 Å². The number of halogens is 2. The Balaban J connectivity index is 2.06. The Morgan fingerprint density at radius 1 is 1.27 bits per heavy atom. The van der Waals surface area contributed by atoms with E-state index in [2.05, 4.69) is 5.32 Å². The fraction of sp³-hybridized carbons (Fsp3) is 0.125. The lowest BCUT2D eigenvalue weighted by atomic mass is 10.2. The van der Waals surface area contributed by atoms with Gasteiger partial charge in [0.2, 0.25) is 5.91 Å². The van der Waals surface area contributed by atoms with Crippen LogP contribution in [0.3, 0.4) is 0 Å². The molecule has 1 atom stereocenters. The minimum Gasteiger partial charge on any atom is -0.325 e. The second-order valence-corrected chi connectivity index (χ2v) is 6.74. The molecule has 0 aliphatic carbocycles. The van der Waals surface area contributed by atoms with E-state index in [4.69, 9.17) is 28.5 Å². The van der Waals surface area contributed by atoms with Crippen molar-refractivity contribution < 1.29 is 4.79 Å². The first-order valence-corrected chi connectivity index (χ1v) is 8.06. The van der Waals surface area contributed by atoms with E-state index >= 15 is 0 Å². The van der Waals surface area contributed by atoms with Crippen LogP contribution in [0.25, 0.3) is 0 Å². The minimum atomic E-state index is -0.360. The molecule has 0 saturated carbocycles. The molecule has 2 aromatic carbocycles. The zero-order valence-corrected chi connectivity index (χ0v) is 14.0. The lowest BCUT2D eigenvalue weighted by Gasteiger charge is -2.13. The summed E-state index contributed by atoms with van der Waals surface area (Å²) in [5.41, 5.74) is 1.09. The highest BCUT2D eigenvalue weighted by molar-refractivity contribution is 8.00. The van der Waals surface area contributed by atoms with Gasteiger partial charge < -0.3 is 5.32 Å². The maximum absolute atomic E-state index is 12.2. The van der Waals surface area contributed by atoms with Crippen LogP contribution in [0.1, 0.15) is 12.5 Å². The van der Waals surface area contributed by atoms with E-state index in [1.54, 1.807) is 49.4 Å². The van der Waals surface area contributed by atoms with Crippen LogP contribution in [0.4, 0.5) is 5.69 Å². The molecule has 2 aromatic rings. The summed E-state index contributed by atoms with van der Waals surface area (Å²) in [4.78, 5) is 13.0. The van der Waals surface area contributed by atoms with Crippen molar-refractivity contribution in [1.29, 1.82) is 5.26 Å². The summed E-state index contributed by atoms with van der Waals surface area (Å²) >= 11 is 13.4. The Kier molecular flexibility index (Phi) is 5.73. The van der Waals surface area contributed by atoms with Crippen molar-refractivity contribution in [2.45, 2.75) is 17.1 Å². The molecule has 0 aromatic heterocycles. The van der Waals surface area contributed by atoms with Gasteiger partial charge >= 0.3 is 0 Å². The predicted octanol–water partition coefficient (Wildman–Crippen LogP) is 4.98. The summed E-state index contributed by atoms with van der Waals surface area (Å²) in [6.07, 6.45) is 0. The van der Waals surface area contributed by atoms with Crippen molar-refractivity contribution in [3.63, 3.8) is 0 Å². The van der Waals surface area contributed by atoms with Crippen molar-refractivity contribution >= 4 is 46.6 Å². The maximum atomic E-state index is 12.2. The van der Waals surface area contributed by atoms with E-state index in [-0.39, 0.29) is 11.2 Å². The number of nitrogens with one attached hydrogen (secondary N) is 1. The van der Waals surface area contributed by atoms with Gasteiger partial charge in [-0.05, 0) is 43.3 Å². The molecular weight excluding hydrogens is 339 g/mol. The number of thioether (sulfide) groups is 1. The number of amides is 1. The standard InChI is InChI=1S/C16H12Cl2N2OS/c1-10(22-15-8-12(17)5-6-14(15)18)16(21)20-13-4-2-3-11(7-13)9-19/h2-8,10H,1H3,(H,20,21)/t10-/m0/s1. The lowest BCUT2D eigenvalue weighted by Crippen LogP contribution is -2.22. The number of hydrogen-bond acceptors (Lipinski definition) is 3. The van der Waals surface area contributed by atoms with Crippen molar-refractivity contribution in [1.82, 2.24) is 0 Å². The van der Waals surface area contributed by atoms with Crippen LogP contribution < -0.4 is 5.32 Å². The highest BCUT2D eigenvalue weighted by Crippen LogP contribution is 2.33. The van der Waals surface area contributed by atoms with Gasteiger partial charge in [0.25, 0.3) is 0 Å². The predicted molar refractivity (Wildman–Crippen MR) is 91.6 cm³/mol. The molecule has 0 saturated heterocycles. The average molecular weight is 351 g/mol. The van der Waals surface area contributed by atoms with Crippen molar-refractivity contribution in [2.75, 3.05) is 5.32 Å². The number of benzene rings is 2.